The lowest BCUT2D eigenvalue weighted by Crippen LogP contribution is -2.17. The zero-order valence-corrected chi connectivity index (χ0v) is 10.3. The molecule has 0 saturated heterocycles. The Balaban J connectivity index is 2.04. The highest BCUT2D eigenvalue weighted by molar-refractivity contribution is 7.15. The van der Waals surface area contributed by atoms with E-state index in [-0.39, 0.29) is 5.91 Å². The zero-order valence-electron chi connectivity index (χ0n) is 9.51. The molecule has 4 nitrogen and oxygen atoms in total. The van der Waals surface area contributed by atoms with Crippen molar-refractivity contribution >= 4 is 17.2 Å². The summed E-state index contributed by atoms with van der Waals surface area (Å²) in [5.74, 6) is 0.0469. The predicted molar refractivity (Wildman–Crippen MR) is 67.7 cm³/mol. The van der Waals surface area contributed by atoms with E-state index in [4.69, 9.17) is 0 Å². The smallest absolute Gasteiger partial charge is 0.220 e. The van der Waals surface area contributed by atoms with Crippen LogP contribution in [0.2, 0.25) is 0 Å². The fourth-order valence-corrected chi connectivity index (χ4v) is 2.34. The van der Waals surface area contributed by atoms with Crippen molar-refractivity contribution in [2.24, 2.45) is 0 Å². The number of amides is 1. The number of nitrogens with one attached hydrogen (secondary N) is 1. The van der Waals surface area contributed by atoms with Crippen molar-refractivity contribution in [3.05, 3.63) is 35.7 Å². The summed E-state index contributed by atoms with van der Waals surface area (Å²) >= 11 is 1.62. The van der Waals surface area contributed by atoms with Gasteiger partial charge in [0.05, 0.1) is 9.88 Å². The van der Waals surface area contributed by atoms with Gasteiger partial charge in [-0.25, -0.2) is 4.98 Å². The summed E-state index contributed by atoms with van der Waals surface area (Å²) < 4.78 is 0. The molecule has 0 atom stereocenters. The van der Waals surface area contributed by atoms with Crippen LogP contribution >= 0.6 is 11.3 Å². The Labute approximate surface area is 104 Å². The SMILES string of the molecule is CNC(=O)CCc1ncc(-c2ccncc2)s1. The molecule has 88 valence electrons. The number of aryl methyl sites for hydroxylation is 1. The highest BCUT2D eigenvalue weighted by atomic mass is 32.1. The minimum absolute atomic E-state index is 0.0469. The van der Waals surface area contributed by atoms with E-state index in [1.807, 2.05) is 18.3 Å². The molecule has 5 heteroatoms. The first kappa shape index (κ1) is 11.7. The van der Waals surface area contributed by atoms with Gasteiger partial charge >= 0.3 is 0 Å². The van der Waals surface area contributed by atoms with E-state index in [0.29, 0.717) is 12.8 Å². The number of aromatic nitrogens is 2. The third kappa shape index (κ3) is 3.10. The topological polar surface area (TPSA) is 54.9 Å². The highest BCUT2D eigenvalue weighted by Gasteiger charge is 2.06. The molecular formula is C12H13N3OS. The van der Waals surface area contributed by atoms with Gasteiger partial charge in [0, 0.05) is 38.5 Å². The Kier molecular flexibility index (Phi) is 3.82. The maximum absolute atomic E-state index is 11.1. The number of thiazole rings is 1. The Morgan fingerprint density at radius 2 is 2.18 bits per heavy atom. The van der Waals surface area contributed by atoms with Crippen LogP contribution in [0.1, 0.15) is 11.4 Å². The molecule has 1 amide bonds. The van der Waals surface area contributed by atoms with Gasteiger partial charge in [-0.2, -0.15) is 0 Å². The largest absolute Gasteiger partial charge is 0.359 e. The first-order valence-electron chi connectivity index (χ1n) is 5.35. The summed E-state index contributed by atoms with van der Waals surface area (Å²) in [5.41, 5.74) is 1.11. The Bertz CT molecular complexity index is 495. The van der Waals surface area contributed by atoms with Crippen LogP contribution in [-0.2, 0) is 11.2 Å². The van der Waals surface area contributed by atoms with Crippen molar-refractivity contribution < 1.29 is 4.79 Å². The zero-order chi connectivity index (χ0) is 12.1. The van der Waals surface area contributed by atoms with Crippen molar-refractivity contribution in [3.63, 3.8) is 0 Å². The van der Waals surface area contributed by atoms with Gasteiger partial charge in [0.1, 0.15) is 0 Å². The molecule has 0 aromatic carbocycles. The van der Waals surface area contributed by atoms with Crippen molar-refractivity contribution in [2.75, 3.05) is 7.05 Å². The van der Waals surface area contributed by atoms with E-state index in [2.05, 4.69) is 15.3 Å². The molecule has 0 aliphatic heterocycles. The van der Waals surface area contributed by atoms with Crippen molar-refractivity contribution in [1.29, 1.82) is 0 Å². The number of nitrogens with zero attached hydrogens (tertiary/aromatic N) is 2. The summed E-state index contributed by atoms with van der Waals surface area (Å²) in [6.07, 6.45) is 6.55. The molecule has 0 spiro atoms. The molecule has 0 saturated carbocycles. The standard InChI is InChI=1S/C12H13N3OS/c1-13-11(16)2-3-12-15-8-10(17-12)9-4-6-14-7-5-9/h4-8H,2-3H2,1H3,(H,13,16). The molecule has 2 rings (SSSR count). The molecule has 1 N–H and O–H groups in total. The van der Waals surface area contributed by atoms with Crippen LogP contribution in [0.25, 0.3) is 10.4 Å². The second-order valence-corrected chi connectivity index (χ2v) is 4.64. The van der Waals surface area contributed by atoms with Crippen molar-refractivity contribution in [2.45, 2.75) is 12.8 Å². The fourth-order valence-electron chi connectivity index (χ4n) is 1.42. The number of hydrogen-bond donors (Lipinski definition) is 1. The monoisotopic (exact) mass is 247 g/mol. The van der Waals surface area contributed by atoms with E-state index >= 15 is 0 Å². The van der Waals surface area contributed by atoms with Gasteiger partial charge in [-0.15, -0.1) is 11.3 Å². The molecule has 0 aliphatic rings. The Hall–Kier alpha value is -1.75. The molecule has 0 bridgehead atoms. The van der Waals surface area contributed by atoms with Crippen LogP contribution in [0.5, 0.6) is 0 Å². The minimum atomic E-state index is 0.0469. The van der Waals surface area contributed by atoms with Crippen LogP contribution in [0.15, 0.2) is 30.7 Å². The molecule has 17 heavy (non-hydrogen) atoms. The quantitative estimate of drug-likeness (QED) is 0.897. The number of carbonyl (C=O) groups excluding carboxylic acids is 1. The Morgan fingerprint density at radius 3 is 2.88 bits per heavy atom. The maximum atomic E-state index is 11.1. The Morgan fingerprint density at radius 1 is 1.41 bits per heavy atom. The average Bonchev–Trinajstić information content (AvgIpc) is 2.86. The van der Waals surface area contributed by atoms with Crippen LogP contribution in [0, 0.1) is 0 Å². The van der Waals surface area contributed by atoms with Crippen LogP contribution < -0.4 is 5.32 Å². The number of rotatable bonds is 4. The number of carbonyl (C=O) groups is 1. The van der Waals surface area contributed by atoms with Gasteiger partial charge in [0.25, 0.3) is 0 Å². The lowest BCUT2D eigenvalue weighted by molar-refractivity contribution is -0.120. The van der Waals surface area contributed by atoms with Gasteiger partial charge in [-0.1, -0.05) is 0 Å². The second kappa shape index (κ2) is 5.54. The van der Waals surface area contributed by atoms with E-state index in [0.717, 1.165) is 15.4 Å². The third-order valence-corrected chi connectivity index (χ3v) is 3.47. The fraction of sp³-hybridized carbons (Fsp3) is 0.250. The molecule has 2 aromatic heterocycles. The summed E-state index contributed by atoms with van der Waals surface area (Å²) in [4.78, 5) is 20.5. The van der Waals surface area contributed by atoms with Crippen LogP contribution in [0.3, 0.4) is 0 Å². The van der Waals surface area contributed by atoms with Crippen molar-refractivity contribution in [3.8, 4) is 10.4 Å². The van der Waals surface area contributed by atoms with Gasteiger partial charge in [0.2, 0.25) is 5.91 Å². The molecule has 0 unspecified atom stereocenters. The third-order valence-electron chi connectivity index (χ3n) is 2.36. The molecule has 2 heterocycles. The van der Waals surface area contributed by atoms with Gasteiger partial charge in [0.15, 0.2) is 0 Å². The van der Waals surface area contributed by atoms with E-state index in [1.165, 1.54) is 0 Å². The van der Waals surface area contributed by atoms with Gasteiger partial charge < -0.3 is 5.32 Å². The lowest BCUT2D eigenvalue weighted by atomic mass is 10.2. The molecule has 2 aromatic rings. The van der Waals surface area contributed by atoms with Gasteiger partial charge in [-0.3, -0.25) is 9.78 Å². The molecule has 0 aliphatic carbocycles. The lowest BCUT2D eigenvalue weighted by Gasteiger charge is -1.96. The maximum Gasteiger partial charge on any atom is 0.220 e. The number of hydrogen-bond acceptors (Lipinski definition) is 4. The number of pyridine rings is 1. The van der Waals surface area contributed by atoms with E-state index in [9.17, 15) is 4.79 Å². The summed E-state index contributed by atoms with van der Waals surface area (Å²) in [7, 11) is 1.65. The second-order valence-electron chi connectivity index (χ2n) is 3.53. The first-order chi connectivity index (χ1) is 8.29. The molecule has 0 fully saturated rings. The normalized spacial score (nSPS) is 10.2. The first-order valence-corrected chi connectivity index (χ1v) is 6.17. The highest BCUT2D eigenvalue weighted by Crippen LogP contribution is 2.25. The minimum Gasteiger partial charge on any atom is -0.359 e. The average molecular weight is 247 g/mol. The van der Waals surface area contributed by atoms with Gasteiger partial charge in [-0.05, 0) is 17.7 Å². The predicted octanol–water partition coefficient (Wildman–Crippen LogP) is 1.88. The summed E-state index contributed by atoms with van der Waals surface area (Å²) in [6, 6.07) is 3.91. The molecule has 0 radical (unpaired) electrons. The van der Waals surface area contributed by atoms with E-state index < -0.39 is 0 Å². The molecular weight excluding hydrogens is 234 g/mol. The van der Waals surface area contributed by atoms with Crippen molar-refractivity contribution in [1.82, 2.24) is 15.3 Å². The van der Waals surface area contributed by atoms with Crippen LogP contribution in [0.4, 0.5) is 0 Å². The van der Waals surface area contributed by atoms with E-state index in [1.54, 1.807) is 30.8 Å². The summed E-state index contributed by atoms with van der Waals surface area (Å²) in [5, 5.41) is 3.59. The van der Waals surface area contributed by atoms with Crippen LogP contribution in [-0.4, -0.2) is 22.9 Å². The summed E-state index contributed by atoms with van der Waals surface area (Å²) in [6.45, 7) is 0.